The van der Waals surface area contributed by atoms with E-state index in [-0.39, 0.29) is 18.1 Å². The van der Waals surface area contributed by atoms with Crippen molar-refractivity contribution in [1.82, 2.24) is 5.32 Å². The van der Waals surface area contributed by atoms with Gasteiger partial charge in [-0.25, -0.2) is 4.79 Å². The molecule has 1 N–H and O–H groups in total. The SMILES string of the molecule is C=CCCCCCCCCC[C@@H](OC(=O)[C@@H](OC)c1ccccc1)[C@H](C)NC(C)=O. The number of hydrogen-bond acceptors (Lipinski definition) is 4. The monoisotopic (exact) mass is 417 g/mol. The molecule has 0 radical (unpaired) electrons. The Morgan fingerprint density at radius 2 is 1.63 bits per heavy atom. The van der Waals surface area contributed by atoms with Crippen molar-refractivity contribution in [2.75, 3.05) is 7.11 Å². The van der Waals surface area contributed by atoms with Crippen LogP contribution in [-0.2, 0) is 19.1 Å². The number of esters is 1. The van der Waals surface area contributed by atoms with Crippen LogP contribution in [-0.4, -0.2) is 31.1 Å². The molecule has 0 fully saturated rings. The van der Waals surface area contributed by atoms with Crippen LogP contribution in [0.25, 0.3) is 0 Å². The standard InChI is InChI=1S/C25H39NO4/c1-5-6-7-8-9-10-11-12-16-19-23(20(2)26-21(3)27)30-25(28)24(29-4)22-17-14-13-15-18-22/h5,13-15,17-18,20,23-24H,1,6-12,16,19H2,2-4H3,(H,26,27)/t20-,23+,24-/m0/s1. The number of hydrogen-bond donors (Lipinski definition) is 1. The van der Waals surface area contributed by atoms with Gasteiger partial charge in [-0.15, -0.1) is 6.58 Å². The van der Waals surface area contributed by atoms with Crippen LogP contribution in [0.5, 0.6) is 0 Å². The highest BCUT2D eigenvalue weighted by Gasteiger charge is 2.28. The molecule has 0 saturated carbocycles. The fraction of sp³-hybridized carbons (Fsp3) is 0.600. The van der Waals surface area contributed by atoms with E-state index in [9.17, 15) is 9.59 Å². The van der Waals surface area contributed by atoms with Crippen molar-refractivity contribution in [2.45, 2.75) is 89.9 Å². The third kappa shape index (κ3) is 10.6. The molecule has 0 unspecified atom stereocenters. The maximum absolute atomic E-state index is 12.8. The minimum Gasteiger partial charge on any atom is -0.458 e. The summed E-state index contributed by atoms with van der Waals surface area (Å²) < 4.78 is 11.2. The number of amides is 1. The molecule has 0 aliphatic rings. The third-order valence-electron chi connectivity index (χ3n) is 5.21. The van der Waals surface area contributed by atoms with Crippen LogP contribution in [0.15, 0.2) is 43.0 Å². The molecule has 3 atom stereocenters. The molecule has 1 rings (SSSR count). The first kappa shape index (κ1) is 25.9. The van der Waals surface area contributed by atoms with E-state index >= 15 is 0 Å². The molecule has 0 saturated heterocycles. The second kappa shape index (κ2) is 15.7. The normalized spacial score (nSPS) is 13.8. The van der Waals surface area contributed by atoms with Crippen LogP contribution < -0.4 is 5.32 Å². The number of rotatable bonds is 16. The van der Waals surface area contributed by atoms with Gasteiger partial charge in [0.15, 0.2) is 6.10 Å². The topological polar surface area (TPSA) is 64.6 Å². The summed E-state index contributed by atoms with van der Waals surface area (Å²) >= 11 is 0. The van der Waals surface area contributed by atoms with Crippen LogP contribution in [0.3, 0.4) is 0 Å². The second-order valence-corrected chi connectivity index (χ2v) is 7.83. The lowest BCUT2D eigenvalue weighted by molar-refractivity contribution is -0.163. The largest absolute Gasteiger partial charge is 0.458 e. The van der Waals surface area contributed by atoms with Crippen molar-refractivity contribution in [2.24, 2.45) is 0 Å². The predicted octanol–water partition coefficient (Wildman–Crippen LogP) is 5.51. The second-order valence-electron chi connectivity index (χ2n) is 7.83. The summed E-state index contributed by atoms with van der Waals surface area (Å²) in [4.78, 5) is 24.3. The third-order valence-corrected chi connectivity index (χ3v) is 5.21. The van der Waals surface area contributed by atoms with Gasteiger partial charge in [0.2, 0.25) is 5.91 Å². The summed E-state index contributed by atoms with van der Waals surface area (Å²) in [6.07, 6.45) is 10.8. The Morgan fingerprint density at radius 3 is 2.20 bits per heavy atom. The minimum atomic E-state index is -0.770. The Hall–Kier alpha value is -2.14. The smallest absolute Gasteiger partial charge is 0.340 e. The van der Waals surface area contributed by atoms with Gasteiger partial charge in [-0.3, -0.25) is 4.79 Å². The van der Waals surface area contributed by atoms with E-state index in [1.807, 2.05) is 43.3 Å². The summed E-state index contributed by atoms with van der Waals surface area (Å²) in [5.41, 5.74) is 0.757. The Labute approximate surface area is 182 Å². The van der Waals surface area contributed by atoms with Crippen molar-refractivity contribution >= 4 is 11.9 Å². The minimum absolute atomic E-state index is 0.130. The molecule has 0 bridgehead atoms. The lowest BCUT2D eigenvalue weighted by Crippen LogP contribution is -2.43. The highest BCUT2D eigenvalue weighted by Crippen LogP contribution is 2.21. The van der Waals surface area contributed by atoms with Crippen molar-refractivity contribution in [3.63, 3.8) is 0 Å². The van der Waals surface area contributed by atoms with Crippen molar-refractivity contribution in [1.29, 1.82) is 0 Å². The van der Waals surface area contributed by atoms with Crippen LogP contribution in [0.1, 0.15) is 83.3 Å². The number of allylic oxidation sites excluding steroid dienone is 1. The fourth-order valence-corrected chi connectivity index (χ4v) is 3.55. The number of carbonyl (C=O) groups is 2. The molecule has 0 heterocycles. The van der Waals surface area contributed by atoms with E-state index in [1.54, 1.807) is 0 Å². The van der Waals surface area contributed by atoms with Gasteiger partial charge in [-0.2, -0.15) is 0 Å². The van der Waals surface area contributed by atoms with Crippen LogP contribution >= 0.6 is 0 Å². The molecule has 1 aromatic rings. The van der Waals surface area contributed by atoms with E-state index in [2.05, 4.69) is 11.9 Å². The van der Waals surface area contributed by atoms with Gasteiger partial charge in [0.25, 0.3) is 0 Å². The zero-order chi connectivity index (χ0) is 22.2. The Morgan fingerprint density at radius 1 is 1.03 bits per heavy atom. The molecular weight excluding hydrogens is 378 g/mol. The van der Waals surface area contributed by atoms with Crippen LogP contribution in [0.2, 0.25) is 0 Å². The number of nitrogens with one attached hydrogen (secondary N) is 1. The molecular formula is C25H39NO4. The van der Waals surface area contributed by atoms with Gasteiger partial charge in [-0.05, 0) is 38.2 Å². The Balaban J connectivity index is 2.53. The number of ether oxygens (including phenoxy) is 2. The number of benzene rings is 1. The zero-order valence-electron chi connectivity index (χ0n) is 18.9. The first-order valence-corrected chi connectivity index (χ1v) is 11.2. The van der Waals surface area contributed by atoms with E-state index in [1.165, 1.54) is 46.1 Å². The summed E-state index contributed by atoms with van der Waals surface area (Å²) in [5, 5.41) is 2.86. The molecule has 0 aliphatic carbocycles. The molecule has 1 amide bonds. The first-order chi connectivity index (χ1) is 14.5. The van der Waals surface area contributed by atoms with Gasteiger partial charge in [0, 0.05) is 14.0 Å². The molecule has 168 valence electrons. The molecule has 1 aromatic carbocycles. The summed E-state index contributed by atoms with van der Waals surface area (Å²) in [6.45, 7) is 7.11. The van der Waals surface area contributed by atoms with Gasteiger partial charge in [0.1, 0.15) is 6.10 Å². The Bertz CT molecular complexity index is 617. The van der Waals surface area contributed by atoms with Crippen molar-refractivity contribution in [3.05, 3.63) is 48.6 Å². The van der Waals surface area contributed by atoms with Gasteiger partial charge >= 0.3 is 5.97 Å². The first-order valence-electron chi connectivity index (χ1n) is 11.2. The maximum atomic E-state index is 12.8. The van der Waals surface area contributed by atoms with Gasteiger partial charge in [-0.1, -0.05) is 68.5 Å². The van der Waals surface area contributed by atoms with E-state index in [4.69, 9.17) is 9.47 Å². The number of unbranched alkanes of at least 4 members (excludes halogenated alkanes) is 7. The van der Waals surface area contributed by atoms with Gasteiger partial charge in [0.05, 0.1) is 6.04 Å². The average Bonchev–Trinajstić information content (AvgIpc) is 2.72. The molecule has 5 heteroatoms. The van der Waals surface area contributed by atoms with E-state index < -0.39 is 12.1 Å². The average molecular weight is 418 g/mol. The molecule has 30 heavy (non-hydrogen) atoms. The summed E-state index contributed by atoms with van der Waals surface area (Å²) in [7, 11) is 1.50. The number of methoxy groups -OCH3 is 1. The summed E-state index contributed by atoms with van der Waals surface area (Å²) in [6, 6.07) is 9.06. The molecule has 5 nitrogen and oxygen atoms in total. The lowest BCUT2D eigenvalue weighted by Gasteiger charge is -2.26. The summed E-state index contributed by atoms with van der Waals surface area (Å²) in [5.74, 6) is -0.553. The van der Waals surface area contributed by atoms with Crippen molar-refractivity contribution in [3.8, 4) is 0 Å². The number of carbonyl (C=O) groups excluding carboxylic acids is 2. The zero-order valence-corrected chi connectivity index (χ0v) is 18.9. The molecule has 0 aromatic heterocycles. The van der Waals surface area contributed by atoms with Gasteiger partial charge < -0.3 is 14.8 Å². The lowest BCUT2D eigenvalue weighted by atomic mass is 10.0. The molecule has 0 spiro atoms. The highest BCUT2D eigenvalue weighted by atomic mass is 16.6. The Kier molecular flexibility index (Phi) is 13.5. The molecule has 0 aliphatic heterocycles. The van der Waals surface area contributed by atoms with Crippen LogP contribution in [0.4, 0.5) is 0 Å². The fourth-order valence-electron chi connectivity index (χ4n) is 3.55. The predicted molar refractivity (Wildman–Crippen MR) is 121 cm³/mol. The highest BCUT2D eigenvalue weighted by molar-refractivity contribution is 5.77. The van der Waals surface area contributed by atoms with E-state index in [0.717, 1.165) is 31.2 Å². The quantitative estimate of drug-likeness (QED) is 0.219. The van der Waals surface area contributed by atoms with Crippen molar-refractivity contribution < 1.29 is 19.1 Å². The van der Waals surface area contributed by atoms with Crippen LogP contribution in [0, 0.1) is 0 Å². The van der Waals surface area contributed by atoms with E-state index in [0.29, 0.717) is 0 Å². The maximum Gasteiger partial charge on any atom is 0.340 e.